The second-order valence-corrected chi connectivity index (χ2v) is 5.29. The molecule has 0 aromatic heterocycles. The first-order chi connectivity index (χ1) is 9.63. The molecule has 0 fully saturated rings. The van der Waals surface area contributed by atoms with Crippen molar-refractivity contribution in [1.82, 2.24) is 0 Å². The topological polar surface area (TPSA) is 33.5 Å². The summed E-state index contributed by atoms with van der Waals surface area (Å²) in [6.45, 7) is 1.18. The molecule has 0 heterocycles. The molecule has 3 nitrogen and oxygen atoms in total. The fraction of sp³-hybridized carbons (Fsp3) is 0.188. The van der Waals surface area contributed by atoms with Gasteiger partial charge in [-0.3, -0.25) is 4.79 Å². The number of carbonyl (C=O) groups excluding carboxylic acids is 1. The summed E-state index contributed by atoms with van der Waals surface area (Å²) in [6, 6.07) is 17.2. The minimum Gasteiger partial charge on any atom is -0.326 e. The lowest BCUT2D eigenvalue weighted by atomic mass is 10.2. The minimum absolute atomic E-state index is 0.00993. The maximum Gasteiger partial charge on any atom is 0.279 e. The highest BCUT2D eigenvalue weighted by Gasteiger charge is 2.10. The van der Waals surface area contributed by atoms with Crippen LogP contribution in [0.3, 0.4) is 0 Å². The number of benzene rings is 2. The average molecular weight is 290 g/mol. The van der Waals surface area contributed by atoms with Crippen molar-refractivity contribution in [2.75, 3.05) is 18.9 Å². The van der Waals surface area contributed by atoms with E-state index in [-0.39, 0.29) is 5.91 Å². The molecule has 0 saturated heterocycles. The van der Waals surface area contributed by atoms with Crippen LogP contribution in [0.2, 0.25) is 5.02 Å². The van der Waals surface area contributed by atoms with Crippen molar-refractivity contribution in [2.45, 2.75) is 6.54 Å². The molecule has 20 heavy (non-hydrogen) atoms. The molecule has 1 unspecified atom stereocenters. The molecule has 2 aromatic carbocycles. The Hall–Kier alpha value is -1.84. The third kappa shape index (κ3) is 4.68. The van der Waals surface area contributed by atoms with E-state index in [4.69, 9.17) is 11.6 Å². The van der Waals surface area contributed by atoms with Crippen LogP contribution in [0, 0.1) is 0 Å². The van der Waals surface area contributed by atoms with E-state index in [1.54, 1.807) is 0 Å². The summed E-state index contributed by atoms with van der Waals surface area (Å²) >= 11 is 5.95. The third-order valence-corrected chi connectivity index (χ3v) is 3.15. The molecule has 2 N–H and O–H groups in total. The number of likely N-dealkylation sites (N-methyl/N-ethyl adjacent to an activating group) is 1. The predicted octanol–water partition coefficient (Wildman–Crippen LogP) is 1.99. The van der Waals surface area contributed by atoms with Gasteiger partial charge in [-0.15, -0.1) is 0 Å². The van der Waals surface area contributed by atoms with E-state index < -0.39 is 0 Å². The summed E-state index contributed by atoms with van der Waals surface area (Å²) in [6.07, 6.45) is 0. The average Bonchev–Trinajstić information content (AvgIpc) is 2.39. The van der Waals surface area contributed by atoms with Crippen molar-refractivity contribution in [3.8, 4) is 0 Å². The lowest BCUT2D eigenvalue weighted by molar-refractivity contribution is -0.885. The molecule has 0 aliphatic carbocycles. The van der Waals surface area contributed by atoms with E-state index in [2.05, 4.69) is 5.32 Å². The van der Waals surface area contributed by atoms with E-state index in [9.17, 15) is 4.79 Å². The van der Waals surface area contributed by atoms with Crippen LogP contribution in [0.15, 0.2) is 54.6 Å². The van der Waals surface area contributed by atoms with Crippen LogP contribution in [-0.2, 0) is 11.3 Å². The van der Waals surface area contributed by atoms with Crippen LogP contribution >= 0.6 is 11.6 Å². The first kappa shape index (κ1) is 14.6. The number of hydrogen-bond acceptors (Lipinski definition) is 1. The van der Waals surface area contributed by atoms with Gasteiger partial charge in [0.25, 0.3) is 5.91 Å². The van der Waals surface area contributed by atoms with Crippen molar-refractivity contribution in [1.29, 1.82) is 0 Å². The quantitative estimate of drug-likeness (QED) is 0.867. The number of anilines is 1. The van der Waals surface area contributed by atoms with Crippen molar-refractivity contribution >= 4 is 23.2 Å². The van der Waals surface area contributed by atoms with Crippen LogP contribution < -0.4 is 10.2 Å². The molecular formula is C16H18ClN2O+. The van der Waals surface area contributed by atoms with Crippen LogP contribution in [0.1, 0.15) is 5.56 Å². The fourth-order valence-corrected chi connectivity index (χ4v) is 2.27. The minimum atomic E-state index is 0.00993. The molecule has 2 rings (SSSR count). The number of hydrogen-bond donors (Lipinski definition) is 2. The summed E-state index contributed by atoms with van der Waals surface area (Å²) < 4.78 is 0. The van der Waals surface area contributed by atoms with Gasteiger partial charge in [0.15, 0.2) is 6.54 Å². The maximum absolute atomic E-state index is 11.9. The van der Waals surface area contributed by atoms with Crippen molar-refractivity contribution < 1.29 is 9.69 Å². The molecule has 2 aromatic rings. The Morgan fingerprint density at radius 1 is 1.15 bits per heavy atom. The Balaban J connectivity index is 1.85. The molecule has 1 amide bonds. The summed E-state index contributed by atoms with van der Waals surface area (Å²) in [5.41, 5.74) is 1.95. The first-order valence-corrected chi connectivity index (χ1v) is 6.92. The van der Waals surface area contributed by atoms with Crippen molar-refractivity contribution in [3.63, 3.8) is 0 Å². The monoisotopic (exact) mass is 289 g/mol. The lowest BCUT2D eigenvalue weighted by Gasteiger charge is -2.14. The van der Waals surface area contributed by atoms with Crippen LogP contribution in [0.5, 0.6) is 0 Å². The molecule has 0 aliphatic rings. The number of quaternary nitrogens is 1. The highest BCUT2D eigenvalue weighted by molar-refractivity contribution is 6.30. The zero-order valence-corrected chi connectivity index (χ0v) is 12.2. The molecule has 0 bridgehead atoms. The van der Waals surface area contributed by atoms with Gasteiger partial charge in [-0.25, -0.2) is 0 Å². The number of carbonyl (C=O) groups is 1. The largest absolute Gasteiger partial charge is 0.326 e. The summed E-state index contributed by atoms with van der Waals surface area (Å²) in [5, 5.41) is 3.61. The van der Waals surface area contributed by atoms with Gasteiger partial charge in [0.1, 0.15) is 6.54 Å². The van der Waals surface area contributed by atoms with Crippen LogP contribution in [-0.4, -0.2) is 19.5 Å². The van der Waals surface area contributed by atoms with Gasteiger partial charge in [-0.05, 0) is 24.3 Å². The molecule has 0 saturated carbocycles. The Kier molecular flexibility index (Phi) is 5.16. The molecule has 0 aliphatic heterocycles. The van der Waals surface area contributed by atoms with E-state index in [0.29, 0.717) is 6.54 Å². The highest BCUT2D eigenvalue weighted by atomic mass is 35.5. The van der Waals surface area contributed by atoms with Crippen LogP contribution in [0.4, 0.5) is 5.69 Å². The standard InChI is InChI=1S/C16H17ClN2O/c1-19(11-13-6-5-7-14(17)10-13)12-16(20)18-15-8-3-2-4-9-15/h2-10H,11-12H2,1H3,(H,18,20)/p+1. The highest BCUT2D eigenvalue weighted by Crippen LogP contribution is 2.09. The van der Waals surface area contributed by atoms with Gasteiger partial charge >= 0.3 is 0 Å². The third-order valence-electron chi connectivity index (χ3n) is 2.91. The van der Waals surface area contributed by atoms with Gasteiger partial charge in [0.05, 0.1) is 7.05 Å². The van der Waals surface area contributed by atoms with Gasteiger partial charge in [0.2, 0.25) is 0 Å². The molecule has 0 spiro atoms. The predicted molar refractivity (Wildman–Crippen MR) is 82.0 cm³/mol. The fourth-order valence-electron chi connectivity index (χ4n) is 2.06. The maximum atomic E-state index is 11.9. The van der Waals surface area contributed by atoms with E-state index in [1.807, 2.05) is 61.6 Å². The normalized spacial score (nSPS) is 11.9. The van der Waals surface area contributed by atoms with E-state index in [1.165, 1.54) is 0 Å². The Bertz CT molecular complexity index is 572. The van der Waals surface area contributed by atoms with Gasteiger partial charge in [-0.2, -0.15) is 0 Å². The molecule has 4 heteroatoms. The SMILES string of the molecule is C[NH+](CC(=O)Nc1ccccc1)Cc1cccc(Cl)c1. The Morgan fingerprint density at radius 3 is 2.60 bits per heavy atom. The molecule has 104 valence electrons. The molecule has 0 radical (unpaired) electrons. The van der Waals surface area contributed by atoms with E-state index in [0.717, 1.165) is 27.7 Å². The number of para-hydroxylation sites is 1. The van der Waals surface area contributed by atoms with E-state index >= 15 is 0 Å². The number of rotatable bonds is 5. The number of halogens is 1. The summed E-state index contributed by atoms with van der Waals surface area (Å²) in [4.78, 5) is 13.0. The van der Waals surface area contributed by atoms with Gasteiger partial charge in [0, 0.05) is 16.3 Å². The number of nitrogens with one attached hydrogen (secondary N) is 2. The summed E-state index contributed by atoms with van der Waals surface area (Å²) in [5.74, 6) is 0.00993. The Labute approximate surface area is 124 Å². The smallest absolute Gasteiger partial charge is 0.279 e. The lowest BCUT2D eigenvalue weighted by Crippen LogP contribution is -3.08. The van der Waals surface area contributed by atoms with Crippen molar-refractivity contribution in [2.24, 2.45) is 0 Å². The summed E-state index contributed by atoms with van der Waals surface area (Å²) in [7, 11) is 1.99. The van der Waals surface area contributed by atoms with Gasteiger partial charge in [-0.1, -0.05) is 41.9 Å². The number of amides is 1. The first-order valence-electron chi connectivity index (χ1n) is 6.54. The van der Waals surface area contributed by atoms with Gasteiger partial charge < -0.3 is 10.2 Å². The zero-order chi connectivity index (χ0) is 14.4. The Morgan fingerprint density at radius 2 is 1.90 bits per heavy atom. The molecule has 1 atom stereocenters. The zero-order valence-electron chi connectivity index (χ0n) is 11.4. The second-order valence-electron chi connectivity index (χ2n) is 4.85. The van der Waals surface area contributed by atoms with Crippen LogP contribution in [0.25, 0.3) is 0 Å². The van der Waals surface area contributed by atoms with Crippen molar-refractivity contribution in [3.05, 3.63) is 65.2 Å². The second kappa shape index (κ2) is 7.08. The molecular weight excluding hydrogens is 272 g/mol.